The molecule has 4 nitrogen and oxygen atoms in total. The minimum Gasteiger partial charge on any atom is -0.392 e. The molecule has 0 spiro atoms. The van der Waals surface area contributed by atoms with Gasteiger partial charge in [0.1, 0.15) is 6.10 Å². The van der Waals surface area contributed by atoms with E-state index in [1.807, 2.05) is 30.3 Å². The fourth-order valence-corrected chi connectivity index (χ4v) is 1.26. The first-order valence-corrected chi connectivity index (χ1v) is 5.71. The maximum Gasteiger partial charge on any atom is 0.248 e. The van der Waals surface area contributed by atoms with Crippen molar-refractivity contribution in [3.63, 3.8) is 0 Å². The van der Waals surface area contributed by atoms with Crippen LogP contribution >= 0.6 is 0 Å². The third kappa shape index (κ3) is 5.47. The Morgan fingerprint density at radius 2 is 2.00 bits per heavy atom. The second-order valence-corrected chi connectivity index (χ2v) is 4.03. The van der Waals surface area contributed by atoms with E-state index in [0.29, 0.717) is 6.61 Å². The summed E-state index contributed by atoms with van der Waals surface area (Å²) in [7, 11) is 0. The summed E-state index contributed by atoms with van der Waals surface area (Å²) in [6, 6.07) is 9.68. The van der Waals surface area contributed by atoms with Crippen LogP contribution in [0.5, 0.6) is 0 Å². The number of nitrogens with one attached hydrogen (secondary N) is 1. The molecule has 0 aliphatic rings. The first-order chi connectivity index (χ1) is 8.09. The summed E-state index contributed by atoms with van der Waals surface area (Å²) in [4.78, 5) is 11.5. The quantitative estimate of drug-likeness (QED) is 0.778. The molecule has 0 radical (unpaired) electrons. The number of hydrogen-bond donors (Lipinski definition) is 2. The first kappa shape index (κ1) is 13.7. The summed E-state index contributed by atoms with van der Waals surface area (Å²) in [6.45, 7) is 3.97. The van der Waals surface area contributed by atoms with Crippen LogP contribution in [0.1, 0.15) is 19.4 Å². The molecular weight excluding hydrogens is 218 g/mol. The lowest BCUT2D eigenvalue weighted by Gasteiger charge is -2.14. The van der Waals surface area contributed by atoms with E-state index in [0.717, 1.165) is 5.56 Å². The summed E-state index contributed by atoms with van der Waals surface area (Å²) in [5, 5.41) is 11.6. The highest BCUT2D eigenvalue weighted by atomic mass is 16.5. The molecule has 94 valence electrons. The molecule has 0 aliphatic carbocycles. The minimum absolute atomic E-state index is 0.207. The zero-order chi connectivity index (χ0) is 12.7. The summed E-state index contributed by atoms with van der Waals surface area (Å²) < 4.78 is 5.43. The van der Waals surface area contributed by atoms with Gasteiger partial charge >= 0.3 is 0 Å². The van der Waals surface area contributed by atoms with Gasteiger partial charge in [-0.05, 0) is 19.4 Å². The van der Waals surface area contributed by atoms with Gasteiger partial charge in [0.15, 0.2) is 0 Å². The zero-order valence-corrected chi connectivity index (χ0v) is 10.2. The molecule has 0 bridgehead atoms. The SMILES string of the molecule is CC(O)CNC(=O)C(C)OCc1ccccc1. The summed E-state index contributed by atoms with van der Waals surface area (Å²) in [5.74, 6) is -0.207. The fourth-order valence-electron chi connectivity index (χ4n) is 1.26. The van der Waals surface area contributed by atoms with Gasteiger partial charge in [-0.3, -0.25) is 4.79 Å². The van der Waals surface area contributed by atoms with Gasteiger partial charge in [0.05, 0.1) is 12.7 Å². The van der Waals surface area contributed by atoms with Crippen molar-refractivity contribution in [2.45, 2.75) is 32.7 Å². The highest BCUT2D eigenvalue weighted by molar-refractivity contribution is 5.80. The van der Waals surface area contributed by atoms with Crippen molar-refractivity contribution in [1.82, 2.24) is 5.32 Å². The van der Waals surface area contributed by atoms with E-state index in [9.17, 15) is 4.79 Å². The van der Waals surface area contributed by atoms with Gasteiger partial charge in [-0.15, -0.1) is 0 Å². The molecule has 1 aromatic rings. The third-order valence-corrected chi connectivity index (χ3v) is 2.28. The van der Waals surface area contributed by atoms with Crippen LogP contribution in [-0.4, -0.2) is 29.8 Å². The maximum atomic E-state index is 11.5. The van der Waals surface area contributed by atoms with E-state index in [4.69, 9.17) is 9.84 Å². The van der Waals surface area contributed by atoms with Gasteiger partial charge in [0.25, 0.3) is 0 Å². The molecule has 1 aromatic carbocycles. The Bertz CT molecular complexity index is 338. The van der Waals surface area contributed by atoms with Crippen molar-refractivity contribution in [3.8, 4) is 0 Å². The van der Waals surface area contributed by atoms with Crippen LogP contribution in [0.3, 0.4) is 0 Å². The second kappa shape index (κ2) is 7.04. The van der Waals surface area contributed by atoms with Gasteiger partial charge in [-0.25, -0.2) is 0 Å². The van der Waals surface area contributed by atoms with Crippen LogP contribution in [-0.2, 0) is 16.1 Å². The van der Waals surface area contributed by atoms with Gasteiger partial charge in [0, 0.05) is 6.54 Å². The topological polar surface area (TPSA) is 58.6 Å². The van der Waals surface area contributed by atoms with E-state index < -0.39 is 12.2 Å². The molecule has 0 aliphatic heterocycles. The molecule has 1 rings (SSSR count). The average Bonchev–Trinajstić information content (AvgIpc) is 2.34. The molecule has 0 saturated heterocycles. The minimum atomic E-state index is -0.541. The standard InChI is InChI=1S/C13H19NO3/c1-10(15)8-14-13(16)11(2)17-9-12-6-4-3-5-7-12/h3-7,10-11,15H,8-9H2,1-2H3,(H,14,16). The number of aliphatic hydroxyl groups is 1. The molecule has 2 N–H and O–H groups in total. The van der Waals surface area contributed by atoms with E-state index in [1.165, 1.54) is 0 Å². The van der Waals surface area contributed by atoms with Crippen LogP contribution in [0.15, 0.2) is 30.3 Å². The highest BCUT2D eigenvalue weighted by Crippen LogP contribution is 2.03. The average molecular weight is 237 g/mol. The van der Waals surface area contributed by atoms with E-state index in [-0.39, 0.29) is 12.5 Å². The molecule has 4 heteroatoms. The third-order valence-electron chi connectivity index (χ3n) is 2.28. The monoisotopic (exact) mass is 237 g/mol. The fraction of sp³-hybridized carbons (Fsp3) is 0.462. The van der Waals surface area contributed by atoms with Crippen molar-refractivity contribution in [2.75, 3.05) is 6.54 Å². The lowest BCUT2D eigenvalue weighted by Crippen LogP contribution is -2.38. The van der Waals surface area contributed by atoms with Gasteiger partial charge < -0.3 is 15.2 Å². The van der Waals surface area contributed by atoms with Crippen molar-refractivity contribution in [2.24, 2.45) is 0 Å². The molecule has 0 heterocycles. The lowest BCUT2D eigenvalue weighted by molar-refractivity contribution is -0.132. The zero-order valence-electron chi connectivity index (χ0n) is 10.2. The summed E-state index contributed by atoms with van der Waals surface area (Å²) in [5.41, 5.74) is 1.03. The Hall–Kier alpha value is -1.39. The number of hydrogen-bond acceptors (Lipinski definition) is 3. The van der Waals surface area contributed by atoms with Gasteiger partial charge in [0.2, 0.25) is 5.91 Å². The molecule has 0 fully saturated rings. The molecule has 0 aromatic heterocycles. The summed E-state index contributed by atoms with van der Waals surface area (Å²) in [6.07, 6.45) is -1.06. The molecule has 17 heavy (non-hydrogen) atoms. The van der Waals surface area contributed by atoms with Crippen LogP contribution in [0.4, 0.5) is 0 Å². The normalized spacial score (nSPS) is 14.1. The van der Waals surface area contributed by atoms with E-state index in [1.54, 1.807) is 13.8 Å². The van der Waals surface area contributed by atoms with Crippen LogP contribution in [0.25, 0.3) is 0 Å². The molecule has 1 amide bonds. The predicted octanol–water partition coefficient (Wildman–Crippen LogP) is 1.09. The Balaban J connectivity index is 2.29. The molecular formula is C13H19NO3. The number of aliphatic hydroxyl groups excluding tert-OH is 1. The number of ether oxygens (including phenoxy) is 1. The van der Waals surface area contributed by atoms with Crippen LogP contribution < -0.4 is 5.32 Å². The van der Waals surface area contributed by atoms with Crippen molar-refractivity contribution in [1.29, 1.82) is 0 Å². The van der Waals surface area contributed by atoms with Crippen LogP contribution in [0.2, 0.25) is 0 Å². The Kier molecular flexibility index (Phi) is 5.66. The van der Waals surface area contributed by atoms with Gasteiger partial charge in [-0.1, -0.05) is 30.3 Å². The number of rotatable bonds is 6. The van der Waals surface area contributed by atoms with Crippen molar-refractivity contribution >= 4 is 5.91 Å². The van der Waals surface area contributed by atoms with E-state index >= 15 is 0 Å². The van der Waals surface area contributed by atoms with Crippen molar-refractivity contribution < 1.29 is 14.6 Å². The van der Waals surface area contributed by atoms with Gasteiger partial charge in [-0.2, -0.15) is 0 Å². The Labute approximate surface area is 102 Å². The molecule has 2 atom stereocenters. The van der Waals surface area contributed by atoms with Crippen molar-refractivity contribution in [3.05, 3.63) is 35.9 Å². The first-order valence-electron chi connectivity index (χ1n) is 5.71. The van der Waals surface area contributed by atoms with Crippen LogP contribution in [0, 0.1) is 0 Å². The van der Waals surface area contributed by atoms with E-state index in [2.05, 4.69) is 5.32 Å². The number of benzene rings is 1. The number of carbonyl (C=O) groups excluding carboxylic acids is 1. The number of carbonyl (C=O) groups is 1. The predicted molar refractivity (Wildman–Crippen MR) is 65.4 cm³/mol. The molecule has 0 saturated carbocycles. The molecule has 2 unspecified atom stereocenters. The number of amides is 1. The maximum absolute atomic E-state index is 11.5. The second-order valence-electron chi connectivity index (χ2n) is 4.03. The Morgan fingerprint density at radius 3 is 2.59 bits per heavy atom. The largest absolute Gasteiger partial charge is 0.392 e. The highest BCUT2D eigenvalue weighted by Gasteiger charge is 2.13. The lowest BCUT2D eigenvalue weighted by atomic mass is 10.2. The summed E-state index contributed by atoms with van der Waals surface area (Å²) >= 11 is 0. The Morgan fingerprint density at radius 1 is 1.35 bits per heavy atom. The smallest absolute Gasteiger partial charge is 0.248 e.